The first-order valence-corrected chi connectivity index (χ1v) is 7.06. The van der Waals surface area contributed by atoms with Gasteiger partial charge in [-0.15, -0.1) is 11.3 Å². The summed E-state index contributed by atoms with van der Waals surface area (Å²) in [5.74, 6) is -0.398. The van der Waals surface area contributed by atoms with Crippen LogP contribution in [-0.4, -0.2) is 9.97 Å². The fraction of sp³-hybridized carbons (Fsp3) is 0.0909. The van der Waals surface area contributed by atoms with Crippen LogP contribution in [0.2, 0.25) is 0 Å². The summed E-state index contributed by atoms with van der Waals surface area (Å²) in [6.07, 6.45) is 1.74. The summed E-state index contributed by atoms with van der Waals surface area (Å²) in [6.45, 7) is 0.528. The number of anilines is 1. The first-order chi connectivity index (χ1) is 8.59. The molecule has 7 heteroatoms. The highest BCUT2D eigenvalue weighted by atomic mass is 79.9. The molecule has 0 aliphatic carbocycles. The van der Waals surface area contributed by atoms with Gasteiger partial charge in [0.1, 0.15) is 4.99 Å². The summed E-state index contributed by atoms with van der Waals surface area (Å²) in [5, 5.41) is 3.00. The Morgan fingerprint density at radius 2 is 2.33 bits per heavy atom. The number of nitrogens with two attached hydrogens (primary N) is 1. The quantitative estimate of drug-likeness (QED) is 0.835. The van der Waals surface area contributed by atoms with E-state index in [1.807, 2.05) is 0 Å². The summed E-state index contributed by atoms with van der Waals surface area (Å²) in [5.41, 5.74) is 8.12. The smallest absolute Gasteiger partial charge is 0.161 e. The highest BCUT2D eigenvalue weighted by Gasteiger charge is 2.12. The van der Waals surface area contributed by atoms with Gasteiger partial charge in [-0.3, -0.25) is 4.98 Å². The van der Waals surface area contributed by atoms with Crippen LogP contribution >= 0.6 is 39.5 Å². The van der Waals surface area contributed by atoms with E-state index in [-0.39, 0.29) is 9.46 Å². The lowest BCUT2D eigenvalue weighted by Gasteiger charge is -2.10. The van der Waals surface area contributed by atoms with E-state index >= 15 is 0 Å². The van der Waals surface area contributed by atoms with Crippen molar-refractivity contribution in [2.75, 3.05) is 5.32 Å². The van der Waals surface area contributed by atoms with Crippen molar-refractivity contribution < 1.29 is 4.39 Å². The molecule has 2 aromatic rings. The fourth-order valence-electron chi connectivity index (χ4n) is 1.39. The van der Waals surface area contributed by atoms with Crippen LogP contribution in [0.5, 0.6) is 0 Å². The van der Waals surface area contributed by atoms with E-state index in [1.165, 1.54) is 11.3 Å². The number of benzene rings is 1. The minimum atomic E-state index is -0.398. The van der Waals surface area contributed by atoms with Gasteiger partial charge in [0.15, 0.2) is 5.82 Å². The largest absolute Gasteiger partial charge is 0.389 e. The van der Waals surface area contributed by atoms with E-state index in [0.717, 1.165) is 4.88 Å². The maximum absolute atomic E-state index is 14.0. The fourth-order valence-corrected chi connectivity index (χ4v) is 2.78. The Hall–Kier alpha value is -1.05. The highest BCUT2D eigenvalue weighted by Crippen LogP contribution is 2.27. The molecule has 1 aromatic heterocycles. The lowest BCUT2D eigenvalue weighted by Crippen LogP contribution is -2.11. The third kappa shape index (κ3) is 2.85. The molecule has 0 spiro atoms. The van der Waals surface area contributed by atoms with Gasteiger partial charge in [0.2, 0.25) is 0 Å². The monoisotopic (exact) mass is 345 g/mol. The molecule has 0 bridgehead atoms. The molecule has 0 saturated heterocycles. The van der Waals surface area contributed by atoms with Crippen molar-refractivity contribution in [3.8, 4) is 0 Å². The number of nitrogens with zero attached hydrogens (tertiary/aromatic N) is 1. The molecular formula is C11H9BrFN3S2. The second-order valence-electron chi connectivity index (χ2n) is 3.47. The summed E-state index contributed by atoms with van der Waals surface area (Å²) in [7, 11) is 0. The molecule has 0 aliphatic rings. The molecule has 0 amide bonds. The van der Waals surface area contributed by atoms with Crippen molar-refractivity contribution in [1.82, 2.24) is 4.98 Å². The predicted octanol–water partition coefficient (Wildman–Crippen LogP) is 3.29. The van der Waals surface area contributed by atoms with Crippen molar-refractivity contribution in [2.24, 2.45) is 5.73 Å². The molecule has 18 heavy (non-hydrogen) atoms. The minimum absolute atomic E-state index is 0.162. The Kier molecular flexibility index (Phi) is 4.26. The van der Waals surface area contributed by atoms with Crippen molar-refractivity contribution in [3.05, 3.63) is 44.6 Å². The van der Waals surface area contributed by atoms with E-state index in [4.69, 9.17) is 18.0 Å². The molecule has 0 radical (unpaired) electrons. The zero-order valence-corrected chi connectivity index (χ0v) is 12.3. The van der Waals surface area contributed by atoms with Crippen LogP contribution in [0.1, 0.15) is 10.4 Å². The number of thiazole rings is 1. The van der Waals surface area contributed by atoms with Gasteiger partial charge in [0.25, 0.3) is 0 Å². The Morgan fingerprint density at radius 1 is 1.56 bits per heavy atom. The molecule has 0 aliphatic heterocycles. The van der Waals surface area contributed by atoms with Crippen molar-refractivity contribution in [2.45, 2.75) is 6.54 Å². The molecule has 1 heterocycles. The third-order valence-electron chi connectivity index (χ3n) is 2.28. The summed E-state index contributed by atoms with van der Waals surface area (Å²) in [6, 6.07) is 3.31. The standard InChI is InChI=1S/C11H9BrFN3S2/c12-9-7(11(14)17)1-2-8(10(9)13)16-4-6-3-15-5-18-6/h1-3,5,16H,4H2,(H2,14,17). The van der Waals surface area contributed by atoms with Crippen LogP contribution < -0.4 is 11.1 Å². The number of nitrogens with one attached hydrogen (secondary N) is 1. The first-order valence-electron chi connectivity index (χ1n) is 4.98. The van der Waals surface area contributed by atoms with Crippen LogP contribution in [0.15, 0.2) is 28.3 Å². The lowest BCUT2D eigenvalue weighted by atomic mass is 10.2. The van der Waals surface area contributed by atoms with Gasteiger partial charge in [0.05, 0.1) is 22.2 Å². The Bertz CT molecular complexity index is 572. The summed E-state index contributed by atoms with van der Waals surface area (Å²) >= 11 is 9.51. The molecule has 2 rings (SSSR count). The average molecular weight is 346 g/mol. The maximum atomic E-state index is 14.0. The van der Waals surface area contributed by atoms with E-state index in [2.05, 4.69) is 26.2 Å². The van der Waals surface area contributed by atoms with Gasteiger partial charge >= 0.3 is 0 Å². The summed E-state index contributed by atoms with van der Waals surface area (Å²) in [4.78, 5) is 5.15. The number of aromatic nitrogens is 1. The number of thiocarbonyl (C=S) groups is 1. The van der Waals surface area contributed by atoms with Crippen LogP contribution in [0.3, 0.4) is 0 Å². The number of halogens is 2. The summed E-state index contributed by atoms with van der Waals surface area (Å²) < 4.78 is 14.3. The molecule has 94 valence electrons. The second kappa shape index (κ2) is 5.73. The highest BCUT2D eigenvalue weighted by molar-refractivity contribution is 9.10. The molecule has 0 atom stereocenters. The van der Waals surface area contributed by atoms with Gasteiger partial charge < -0.3 is 11.1 Å². The van der Waals surface area contributed by atoms with E-state index in [0.29, 0.717) is 17.8 Å². The second-order valence-corrected chi connectivity index (χ2v) is 5.68. The third-order valence-corrected chi connectivity index (χ3v) is 4.06. The zero-order chi connectivity index (χ0) is 13.1. The normalized spacial score (nSPS) is 10.3. The molecule has 0 saturated carbocycles. The van der Waals surface area contributed by atoms with Crippen LogP contribution in [0.4, 0.5) is 10.1 Å². The minimum Gasteiger partial charge on any atom is -0.389 e. The van der Waals surface area contributed by atoms with Gasteiger partial charge in [0, 0.05) is 16.6 Å². The number of rotatable bonds is 4. The topological polar surface area (TPSA) is 50.9 Å². The SMILES string of the molecule is NC(=S)c1ccc(NCc2cncs2)c(F)c1Br. The van der Waals surface area contributed by atoms with Crippen LogP contribution in [0, 0.1) is 5.82 Å². The van der Waals surface area contributed by atoms with Gasteiger partial charge in [-0.1, -0.05) is 12.2 Å². The first kappa shape index (κ1) is 13.4. The molecule has 0 unspecified atom stereocenters. The molecule has 3 nitrogen and oxygen atoms in total. The van der Waals surface area contributed by atoms with Crippen LogP contribution in [-0.2, 0) is 6.54 Å². The molecular weight excluding hydrogens is 337 g/mol. The zero-order valence-electron chi connectivity index (χ0n) is 9.11. The van der Waals surface area contributed by atoms with Gasteiger partial charge in [-0.05, 0) is 28.1 Å². The number of hydrogen-bond donors (Lipinski definition) is 2. The van der Waals surface area contributed by atoms with Gasteiger partial charge in [-0.25, -0.2) is 4.39 Å². The van der Waals surface area contributed by atoms with Crippen LogP contribution in [0.25, 0.3) is 0 Å². The van der Waals surface area contributed by atoms with Crippen molar-refractivity contribution >= 4 is 50.2 Å². The van der Waals surface area contributed by atoms with Crippen molar-refractivity contribution in [3.63, 3.8) is 0 Å². The van der Waals surface area contributed by atoms with E-state index in [9.17, 15) is 4.39 Å². The van der Waals surface area contributed by atoms with E-state index < -0.39 is 5.82 Å². The van der Waals surface area contributed by atoms with Gasteiger partial charge in [-0.2, -0.15) is 0 Å². The Labute approximate surface area is 121 Å². The number of hydrogen-bond acceptors (Lipinski definition) is 4. The lowest BCUT2D eigenvalue weighted by molar-refractivity contribution is 0.623. The van der Waals surface area contributed by atoms with E-state index in [1.54, 1.807) is 23.8 Å². The predicted molar refractivity (Wildman–Crippen MR) is 79.4 cm³/mol. The molecule has 1 aromatic carbocycles. The molecule has 0 fully saturated rings. The Morgan fingerprint density at radius 3 is 2.94 bits per heavy atom. The average Bonchev–Trinajstić information content (AvgIpc) is 2.83. The van der Waals surface area contributed by atoms with Crippen molar-refractivity contribution in [1.29, 1.82) is 0 Å². The maximum Gasteiger partial charge on any atom is 0.161 e. The molecule has 3 N–H and O–H groups in total. The Balaban J connectivity index is 2.19.